The first kappa shape index (κ1) is 12.0. The zero-order chi connectivity index (χ0) is 12.3. The van der Waals surface area contributed by atoms with Crippen LogP contribution in [0.2, 0.25) is 10.2 Å². The summed E-state index contributed by atoms with van der Waals surface area (Å²) >= 11 is 11.6. The predicted octanol–water partition coefficient (Wildman–Crippen LogP) is 2.94. The Hall–Kier alpha value is -1.52. The number of benzene rings is 1. The normalized spacial score (nSPS) is 10.2. The van der Waals surface area contributed by atoms with E-state index in [0.717, 1.165) is 5.56 Å². The third kappa shape index (κ3) is 3.47. The lowest BCUT2D eigenvalue weighted by molar-refractivity contribution is 0.294. The molecule has 0 bridgehead atoms. The molecule has 6 heteroatoms. The molecule has 17 heavy (non-hydrogen) atoms. The molecule has 0 amide bonds. The molecular formula is C11H9Cl2N3O. The van der Waals surface area contributed by atoms with Crippen LogP contribution in [0.15, 0.2) is 30.3 Å². The second kappa shape index (κ2) is 5.21. The van der Waals surface area contributed by atoms with E-state index in [1.165, 1.54) is 6.07 Å². The topological polar surface area (TPSA) is 61.0 Å². The van der Waals surface area contributed by atoms with Gasteiger partial charge in [-0.2, -0.15) is 4.98 Å². The summed E-state index contributed by atoms with van der Waals surface area (Å²) in [5, 5.41) is 0.907. The average Bonchev–Trinajstić information content (AvgIpc) is 2.25. The fourth-order valence-corrected chi connectivity index (χ4v) is 1.66. The van der Waals surface area contributed by atoms with Gasteiger partial charge in [-0.1, -0.05) is 35.3 Å². The van der Waals surface area contributed by atoms with Crippen molar-refractivity contribution >= 4 is 29.2 Å². The van der Waals surface area contributed by atoms with Crippen LogP contribution in [-0.4, -0.2) is 9.97 Å². The quantitative estimate of drug-likeness (QED) is 0.871. The number of hydrogen-bond donors (Lipinski definition) is 1. The van der Waals surface area contributed by atoms with Crippen LogP contribution in [0.25, 0.3) is 0 Å². The highest BCUT2D eigenvalue weighted by Gasteiger charge is 2.02. The van der Waals surface area contributed by atoms with Gasteiger partial charge in [0.15, 0.2) is 0 Å². The van der Waals surface area contributed by atoms with E-state index in [1.54, 1.807) is 6.07 Å². The van der Waals surface area contributed by atoms with E-state index in [1.807, 2.05) is 18.2 Å². The number of aromatic nitrogens is 2. The number of rotatable bonds is 3. The molecule has 2 rings (SSSR count). The van der Waals surface area contributed by atoms with Gasteiger partial charge in [0.2, 0.25) is 11.8 Å². The van der Waals surface area contributed by atoms with Gasteiger partial charge in [0.05, 0.1) is 0 Å². The molecule has 0 unspecified atom stereocenters. The van der Waals surface area contributed by atoms with Gasteiger partial charge in [-0.05, 0) is 17.7 Å². The van der Waals surface area contributed by atoms with E-state index in [-0.39, 0.29) is 11.1 Å². The SMILES string of the molecule is Nc1nc(Cl)cc(OCc2cccc(Cl)c2)n1. The monoisotopic (exact) mass is 269 g/mol. The molecule has 0 radical (unpaired) electrons. The maximum Gasteiger partial charge on any atom is 0.224 e. The predicted molar refractivity (Wildman–Crippen MR) is 67.2 cm³/mol. The lowest BCUT2D eigenvalue weighted by atomic mass is 10.2. The molecule has 0 saturated carbocycles. The summed E-state index contributed by atoms with van der Waals surface area (Å²) in [6.07, 6.45) is 0. The van der Waals surface area contributed by atoms with Crippen molar-refractivity contribution in [3.63, 3.8) is 0 Å². The van der Waals surface area contributed by atoms with Crippen LogP contribution in [0.4, 0.5) is 5.95 Å². The summed E-state index contributed by atoms with van der Waals surface area (Å²) in [7, 11) is 0. The molecule has 1 aromatic carbocycles. The van der Waals surface area contributed by atoms with Gasteiger partial charge >= 0.3 is 0 Å². The fraction of sp³-hybridized carbons (Fsp3) is 0.0909. The van der Waals surface area contributed by atoms with Crippen molar-refractivity contribution in [2.45, 2.75) is 6.61 Å². The van der Waals surface area contributed by atoms with Crippen molar-refractivity contribution in [3.8, 4) is 5.88 Å². The molecule has 0 aliphatic carbocycles. The molecule has 0 aliphatic heterocycles. The van der Waals surface area contributed by atoms with Crippen molar-refractivity contribution in [2.75, 3.05) is 5.73 Å². The second-order valence-corrected chi connectivity index (χ2v) is 4.13. The number of nitrogens with two attached hydrogens (primary N) is 1. The largest absolute Gasteiger partial charge is 0.473 e. The highest BCUT2D eigenvalue weighted by molar-refractivity contribution is 6.30. The Labute approximate surface area is 108 Å². The van der Waals surface area contributed by atoms with Crippen molar-refractivity contribution < 1.29 is 4.74 Å². The zero-order valence-corrected chi connectivity index (χ0v) is 10.2. The molecule has 1 heterocycles. The standard InChI is InChI=1S/C11H9Cl2N3O/c12-8-3-1-2-7(4-8)6-17-10-5-9(13)15-11(14)16-10/h1-5H,6H2,(H2,14,15,16). The van der Waals surface area contributed by atoms with Crippen molar-refractivity contribution in [3.05, 3.63) is 46.1 Å². The lowest BCUT2D eigenvalue weighted by Crippen LogP contribution is -2.01. The molecular weight excluding hydrogens is 261 g/mol. The molecule has 0 aliphatic rings. The van der Waals surface area contributed by atoms with E-state index in [9.17, 15) is 0 Å². The lowest BCUT2D eigenvalue weighted by Gasteiger charge is -2.06. The van der Waals surface area contributed by atoms with Crippen LogP contribution in [0, 0.1) is 0 Å². The minimum Gasteiger partial charge on any atom is -0.473 e. The van der Waals surface area contributed by atoms with E-state index >= 15 is 0 Å². The van der Waals surface area contributed by atoms with Crippen molar-refractivity contribution in [1.29, 1.82) is 0 Å². The van der Waals surface area contributed by atoms with Gasteiger partial charge in [-0.25, -0.2) is 4.98 Å². The summed E-state index contributed by atoms with van der Waals surface area (Å²) in [6, 6.07) is 8.86. The first-order valence-corrected chi connectivity index (χ1v) is 5.56. The number of halogens is 2. The smallest absolute Gasteiger partial charge is 0.224 e. The minimum atomic E-state index is 0.0820. The molecule has 0 spiro atoms. The minimum absolute atomic E-state index is 0.0820. The first-order chi connectivity index (χ1) is 8.13. The van der Waals surface area contributed by atoms with Crippen LogP contribution < -0.4 is 10.5 Å². The second-order valence-electron chi connectivity index (χ2n) is 3.31. The van der Waals surface area contributed by atoms with E-state index in [2.05, 4.69) is 9.97 Å². The Morgan fingerprint density at radius 1 is 1.18 bits per heavy atom. The molecule has 0 atom stereocenters. The van der Waals surface area contributed by atoms with Crippen LogP contribution in [0.5, 0.6) is 5.88 Å². The Kier molecular flexibility index (Phi) is 3.66. The number of ether oxygens (including phenoxy) is 1. The molecule has 2 N–H and O–H groups in total. The van der Waals surface area contributed by atoms with Crippen LogP contribution in [0.1, 0.15) is 5.56 Å². The average molecular weight is 270 g/mol. The third-order valence-corrected chi connectivity index (χ3v) is 2.39. The van der Waals surface area contributed by atoms with Crippen LogP contribution >= 0.6 is 23.2 Å². The van der Waals surface area contributed by atoms with Crippen LogP contribution in [0.3, 0.4) is 0 Å². The molecule has 1 aromatic heterocycles. The molecule has 88 valence electrons. The summed E-state index contributed by atoms with van der Waals surface area (Å²) < 4.78 is 5.43. The van der Waals surface area contributed by atoms with Crippen molar-refractivity contribution in [2.24, 2.45) is 0 Å². The van der Waals surface area contributed by atoms with Gasteiger partial charge in [-0.15, -0.1) is 0 Å². The Balaban J connectivity index is 2.07. The number of nitrogen functional groups attached to an aromatic ring is 1. The summed E-state index contributed by atoms with van der Waals surface area (Å²) in [5.41, 5.74) is 6.38. The maximum absolute atomic E-state index is 5.85. The molecule has 4 nitrogen and oxygen atoms in total. The van der Waals surface area contributed by atoms with E-state index in [4.69, 9.17) is 33.7 Å². The van der Waals surface area contributed by atoms with Crippen molar-refractivity contribution in [1.82, 2.24) is 9.97 Å². The maximum atomic E-state index is 5.85. The molecule has 0 saturated heterocycles. The zero-order valence-electron chi connectivity index (χ0n) is 8.73. The number of hydrogen-bond acceptors (Lipinski definition) is 4. The molecule has 0 fully saturated rings. The highest BCUT2D eigenvalue weighted by atomic mass is 35.5. The summed E-state index contributed by atoms with van der Waals surface area (Å²) in [5.74, 6) is 0.418. The molecule has 2 aromatic rings. The van der Waals surface area contributed by atoms with E-state index < -0.39 is 0 Å². The Bertz CT molecular complexity index is 514. The van der Waals surface area contributed by atoms with E-state index in [0.29, 0.717) is 17.5 Å². The highest BCUT2D eigenvalue weighted by Crippen LogP contribution is 2.17. The Morgan fingerprint density at radius 2 is 2.00 bits per heavy atom. The Morgan fingerprint density at radius 3 is 2.71 bits per heavy atom. The van der Waals surface area contributed by atoms with Crippen LogP contribution in [-0.2, 0) is 6.61 Å². The first-order valence-electron chi connectivity index (χ1n) is 4.81. The van der Waals surface area contributed by atoms with Gasteiger partial charge in [-0.3, -0.25) is 0 Å². The van der Waals surface area contributed by atoms with Gasteiger partial charge in [0.25, 0.3) is 0 Å². The van der Waals surface area contributed by atoms with Gasteiger partial charge in [0, 0.05) is 11.1 Å². The summed E-state index contributed by atoms with van der Waals surface area (Å²) in [6.45, 7) is 0.341. The fourth-order valence-electron chi connectivity index (χ4n) is 1.27. The van der Waals surface area contributed by atoms with Gasteiger partial charge < -0.3 is 10.5 Å². The summed E-state index contributed by atoms with van der Waals surface area (Å²) in [4.78, 5) is 7.63. The van der Waals surface area contributed by atoms with Gasteiger partial charge in [0.1, 0.15) is 11.8 Å². The number of nitrogens with zero attached hydrogens (tertiary/aromatic N) is 2. The third-order valence-electron chi connectivity index (χ3n) is 1.96. The number of anilines is 1.